The lowest BCUT2D eigenvalue weighted by molar-refractivity contribution is 0.0320. The van der Waals surface area contributed by atoms with Gasteiger partial charge < -0.3 is 4.74 Å². The molecule has 1 aromatic heterocycles. The van der Waals surface area contributed by atoms with Crippen LogP contribution < -0.4 is 4.90 Å². The van der Waals surface area contributed by atoms with Gasteiger partial charge in [0.05, 0.1) is 33.6 Å². The van der Waals surface area contributed by atoms with Crippen LogP contribution in [0.25, 0.3) is 22.2 Å². The molecule has 0 fully saturated rings. The van der Waals surface area contributed by atoms with Crippen LogP contribution in [0, 0.1) is 6.92 Å². The summed E-state index contributed by atoms with van der Waals surface area (Å²) in [4.78, 5) is 58.4. The largest absolute Gasteiger partial charge is 0.451 e. The summed E-state index contributed by atoms with van der Waals surface area (Å²) in [7, 11) is 0. The summed E-state index contributed by atoms with van der Waals surface area (Å²) >= 11 is 9.44. The average molecular weight is 654 g/mol. The zero-order valence-corrected chi connectivity index (χ0v) is 25.3. The van der Waals surface area contributed by atoms with E-state index in [0.29, 0.717) is 49.6 Å². The molecule has 2 heterocycles. The minimum absolute atomic E-state index is 0.240. The number of Topliss-reactive ketones (excluding diaryl/α,β-unsaturated/α-hetero) is 1. The lowest BCUT2D eigenvalue weighted by Gasteiger charge is -2.16. The summed E-state index contributed by atoms with van der Waals surface area (Å²) in [5, 5.41) is 1.06. The lowest BCUT2D eigenvalue weighted by Crippen LogP contribution is -2.29. The van der Waals surface area contributed by atoms with Crippen LogP contribution in [0.5, 0.6) is 0 Å². The van der Waals surface area contributed by atoms with E-state index < -0.39 is 12.1 Å². The van der Waals surface area contributed by atoms with Crippen molar-refractivity contribution in [3.8, 4) is 11.3 Å². The Morgan fingerprint density at radius 1 is 0.884 bits per heavy atom. The predicted molar refractivity (Wildman–Crippen MR) is 168 cm³/mol. The highest BCUT2D eigenvalue weighted by atomic mass is 79.9. The number of carbonyl (C=O) groups excluding carboxylic acids is 4. The lowest BCUT2D eigenvalue weighted by atomic mass is 10.0. The number of ether oxygens (including phenoxy) is 1. The number of pyridine rings is 1. The maximum Gasteiger partial charge on any atom is 0.339 e. The molecular formula is C34H22BrClN2O5. The van der Waals surface area contributed by atoms with Gasteiger partial charge in [-0.2, -0.15) is 0 Å². The number of amides is 2. The average Bonchev–Trinajstić information content (AvgIpc) is 3.26. The van der Waals surface area contributed by atoms with E-state index in [-0.39, 0.29) is 23.2 Å². The van der Waals surface area contributed by atoms with Crippen LogP contribution in [0.15, 0.2) is 95.5 Å². The van der Waals surface area contributed by atoms with E-state index in [1.165, 1.54) is 6.92 Å². The highest BCUT2D eigenvalue weighted by Gasteiger charge is 2.36. The van der Waals surface area contributed by atoms with Crippen LogP contribution in [0.4, 0.5) is 5.69 Å². The molecule has 0 saturated heterocycles. The van der Waals surface area contributed by atoms with Crippen LogP contribution in [0.3, 0.4) is 0 Å². The van der Waals surface area contributed by atoms with E-state index >= 15 is 0 Å². The summed E-state index contributed by atoms with van der Waals surface area (Å²) in [6.07, 6.45) is -1.05. The molecule has 4 aromatic carbocycles. The molecule has 0 N–H and O–H groups in total. The highest BCUT2D eigenvalue weighted by molar-refractivity contribution is 9.10. The number of aryl methyl sites for hydroxylation is 1. The molecule has 6 rings (SSSR count). The van der Waals surface area contributed by atoms with Crippen LogP contribution in [-0.2, 0) is 4.74 Å². The molecule has 7 nitrogen and oxygen atoms in total. The Morgan fingerprint density at radius 2 is 1.51 bits per heavy atom. The quantitative estimate of drug-likeness (QED) is 0.105. The van der Waals surface area contributed by atoms with Gasteiger partial charge in [-0.1, -0.05) is 51.8 Å². The van der Waals surface area contributed by atoms with Gasteiger partial charge in [0.2, 0.25) is 5.78 Å². The molecule has 0 spiro atoms. The van der Waals surface area contributed by atoms with E-state index in [4.69, 9.17) is 21.3 Å². The molecule has 1 aliphatic rings. The van der Waals surface area contributed by atoms with Gasteiger partial charge in [-0.05, 0) is 86.1 Å². The van der Waals surface area contributed by atoms with Crippen LogP contribution >= 0.6 is 27.5 Å². The fourth-order valence-corrected chi connectivity index (χ4v) is 5.80. The Hall–Kier alpha value is -4.66. The third kappa shape index (κ3) is 5.24. The molecule has 2 amide bonds. The first-order chi connectivity index (χ1) is 20.6. The zero-order chi connectivity index (χ0) is 30.4. The van der Waals surface area contributed by atoms with Crippen molar-refractivity contribution in [3.05, 3.63) is 128 Å². The number of esters is 1. The van der Waals surface area contributed by atoms with E-state index in [9.17, 15) is 19.2 Å². The van der Waals surface area contributed by atoms with Crippen molar-refractivity contribution in [3.63, 3.8) is 0 Å². The second-order valence-electron chi connectivity index (χ2n) is 10.1. The molecule has 0 saturated carbocycles. The summed E-state index contributed by atoms with van der Waals surface area (Å²) in [6, 6.07) is 25.2. The molecule has 1 atom stereocenters. The second kappa shape index (κ2) is 11.2. The SMILES string of the molecule is Cc1cc(Br)cc2c(C(=O)OC(C)C(=O)c3ccc(Cl)cc3)cc(-c3ccc(N4C(=O)c5ccccc5C4=O)cc3)nc12. The first kappa shape index (κ1) is 28.5. The van der Waals surface area contributed by atoms with Crippen molar-refractivity contribution in [2.24, 2.45) is 0 Å². The smallest absolute Gasteiger partial charge is 0.339 e. The molecule has 0 aliphatic carbocycles. The van der Waals surface area contributed by atoms with Crippen LogP contribution in [-0.4, -0.2) is 34.7 Å². The Bertz CT molecular complexity index is 1940. The Balaban J connectivity index is 1.34. The monoisotopic (exact) mass is 652 g/mol. The van der Waals surface area contributed by atoms with Gasteiger partial charge in [0.1, 0.15) is 0 Å². The molecule has 1 unspecified atom stereocenters. The van der Waals surface area contributed by atoms with Crippen LogP contribution in [0.1, 0.15) is 53.9 Å². The van der Waals surface area contributed by atoms with Crippen molar-refractivity contribution < 1.29 is 23.9 Å². The third-order valence-corrected chi connectivity index (χ3v) is 8.00. The Morgan fingerprint density at radius 3 is 2.14 bits per heavy atom. The number of rotatable bonds is 6. The third-order valence-electron chi connectivity index (χ3n) is 7.29. The summed E-state index contributed by atoms with van der Waals surface area (Å²) < 4.78 is 6.42. The number of aromatic nitrogens is 1. The minimum Gasteiger partial charge on any atom is -0.451 e. The molecule has 0 radical (unpaired) electrons. The van der Waals surface area contributed by atoms with Crippen LogP contribution in [0.2, 0.25) is 5.02 Å². The first-order valence-corrected chi connectivity index (χ1v) is 14.5. The Kier molecular flexibility index (Phi) is 7.42. The van der Waals surface area contributed by atoms with Crippen molar-refractivity contribution in [1.82, 2.24) is 4.98 Å². The van der Waals surface area contributed by atoms with Crippen molar-refractivity contribution >= 4 is 67.7 Å². The number of anilines is 1. The Labute approximate surface area is 260 Å². The normalized spacial score (nSPS) is 13.3. The fraction of sp³-hybridized carbons (Fsp3) is 0.0882. The fourth-order valence-electron chi connectivity index (χ4n) is 5.10. The van der Waals surface area contributed by atoms with E-state index in [1.54, 1.807) is 84.9 Å². The molecule has 5 aromatic rings. The number of imide groups is 1. The number of fused-ring (bicyclic) bond motifs is 2. The standard InChI is InChI=1S/C34H22BrClN2O5/c1-18-15-22(35)16-27-28(34(42)43-19(2)31(39)21-7-11-23(36)12-8-21)17-29(37-30(18)27)20-9-13-24(14-10-20)38-32(40)25-5-3-4-6-26(25)33(38)41/h3-17,19H,1-2H3. The van der Waals surface area contributed by atoms with E-state index in [1.807, 2.05) is 13.0 Å². The summed E-state index contributed by atoms with van der Waals surface area (Å²) in [5.74, 6) is -1.80. The van der Waals surface area contributed by atoms with Gasteiger partial charge in [-0.3, -0.25) is 14.4 Å². The number of carbonyl (C=O) groups is 4. The second-order valence-corrected chi connectivity index (χ2v) is 11.5. The van der Waals surface area contributed by atoms with Crippen molar-refractivity contribution in [1.29, 1.82) is 0 Å². The number of ketones is 1. The molecule has 9 heteroatoms. The molecule has 212 valence electrons. The number of hydrogen-bond donors (Lipinski definition) is 0. The molecular weight excluding hydrogens is 632 g/mol. The van der Waals surface area contributed by atoms with Gasteiger partial charge in [0, 0.05) is 26.0 Å². The van der Waals surface area contributed by atoms with E-state index in [0.717, 1.165) is 14.9 Å². The van der Waals surface area contributed by atoms with Crippen molar-refractivity contribution in [2.45, 2.75) is 20.0 Å². The number of nitrogens with zero attached hydrogens (tertiary/aromatic N) is 2. The van der Waals surface area contributed by atoms with Gasteiger partial charge in [0.25, 0.3) is 11.8 Å². The van der Waals surface area contributed by atoms with Gasteiger partial charge in [-0.15, -0.1) is 0 Å². The number of benzene rings is 4. The summed E-state index contributed by atoms with van der Waals surface area (Å²) in [5.41, 5.74) is 4.32. The minimum atomic E-state index is -1.05. The number of halogens is 2. The molecule has 1 aliphatic heterocycles. The highest BCUT2D eigenvalue weighted by Crippen LogP contribution is 2.33. The molecule has 0 bridgehead atoms. The van der Waals surface area contributed by atoms with Crippen molar-refractivity contribution in [2.75, 3.05) is 4.90 Å². The molecule has 43 heavy (non-hydrogen) atoms. The van der Waals surface area contributed by atoms with E-state index in [2.05, 4.69) is 15.9 Å². The van der Waals surface area contributed by atoms with Gasteiger partial charge >= 0.3 is 5.97 Å². The topological polar surface area (TPSA) is 93.6 Å². The number of hydrogen-bond acceptors (Lipinski definition) is 6. The van der Waals surface area contributed by atoms with Gasteiger partial charge in [-0.25, -0.2) is 14.7 Å². The first-order valence-electron chi connectivity index (χ1n) is 13.3. The maximum atomic E-state index is 13.6. The summed E-state index contributed by atoms with van der Waals surface area (Å²) in [6.45, 7) is 3.41. The predicted octanol–water partition coefficient (Wildman–Crippen LogP) is 7.85. The zero-order valence-electron chi connectivity index (χ0n) is 22.9. The maximum absolute atomic E-state index is 13.6. The van der Waals surface area contributed by atoms with Gasteiger partial charge in [0.15, 0.2) is 6.10 Å².